The third-order valence-electron chi connectivity index (χ3n) is 7.15. The van der Waals surface area contributed by atoms with Gasteiger partial charge in [0, 0.05) is 24.7 Å². The lowest BCUT2D eigenvalue weighted by molar-refractivity contribution is 0.163. The maximum atomic E-state index is 13.7. The molecule has 0 spiro atoms. The van der Waals surface area contributed by atoms with E-state index in [0.29, 0.717) is 37.6 Å². The molecular weight excluding hydrogens is 504 g/mol. The smallest absolute Gasteiger partial charge is 0.253 e. The first kappa shape index (κ1) is 27.5. The number of furan rings is 1. The second kappa shape index (κ2) is 11.6. The molecule has 0 fully saturated rings. The van der Waals surface area contributed by atoms with Crippen LogP contribution in [-0.2, 0) is 29.8 Å². The minimum Gasteiger partial charge on any atom is -0.468 e. The van der Waals surface area contributed by atoms with Crippen molar-refractivity contribution in [1.29, 1.82) is 0 Å². The number of methoxy groups -OCH3 is 1. The van der Waals surface area contributed by atoms with Gasteiger partial charge in [-0.2, -0.15) is 0 Å². The van der Waals surface area contributed by atoms with Crippen molar-refractivity contribution < 1.29 is 9.15 Å². The van der Waals surface area contributed by atoms with Crippen LogP contribution in [0.1, 0.15) is 60.7 Å². The number of nitrogens with zero attached hydrogens (tertiary/aromatic N) is 5. The van der Waals surface area contributed by atoms with Crippen LogP contribution in [0.3, 0.4) is 0 Å². The molecule has 0 radical (unpaired) electrons. The number of nitrogens with one attached hydrogen (secondary N) is 1. The molecule has 3 aromatic heterocycles. The number of aryl methyl sites for hydroxylation is 1. The number of hydrogen-bond donors (Lipinski definition) is 1. The number of benzene rings is 2. The lowest BCUT2D eigenvalue weighted by Crippen LogP contribution is -2.35. The molecule has 2 aromatic carbocycles. The maximum absolute atomic E-state index is 13.7. The Morgan fingerprint density at radius 1 is 1.07 bits per heavy atom. The SMILES string of the molecule is COCCn1nnnc1[C@@H](c1cc2ccc(C)cc2[nH]c1=O)N(Cc1ccc(C(C)(C)C)cc1)Cc1ccco1. The molecule has 0 amide bonds. The predicted octanol–water partition coefficient (Wildman–Crippen LogP) is 5.15. The van der Waals surface area contributed by atoms with Crippen LogP contribution >= 0.6 is 0 Å². The van der Waals surface area contributed by atoms with Gasteiger partial charge in [-0.15, -0.1) is 5.10 Å². The summed E-state index contributed by atoms with van der Waals surface area (Å²) in [5.74, 6) is 1.34. The fourth-order valence-corrected chi connectivity index (χ4v) is 4.96. The Morgan fingerprint density at radius 3 is 2.58 bits per heavy atom. The molecule has 40 heavy (non-hydrogen) atoms. The van der Waals surface area contributed by atoms with Gasteiger partial charge in [-0.25, -0.2) is 4.68 Å². The summed E-state index contributed by atoms with van der Waals surface area (Å²) in [6.07, 6.45) is 1.66. The Labute approximate surface area is 233 Å². The van der Waals surface area contributed by atoms with Gasteiger partial charge in [0.2, 0.25) is 0 Å². The van der Waals surface area contributed by atoms with Gasteiger partial charge < -0.3 is 14.1 Å². The molecule has 0 aliphatic heterocycles. The van der Waals surface area contributed by atoms with E-state index in [0.717, 1.165) is 27.8 Å². The molecule has 1 N–H and O–H groups in total. The molecule has 208 valence electrons. The molecule has 0 saturated carbocycles. The first-order chi connectivity index (χ1) is 19.2. The molecule has 3 heterocycles. The van der Waals surface area contributed by atoms with Gasteiger partial charge in [0.15, 0.2) is 5.82 Å². The van der Waals surface area contributed by atoms with Gasteiger partial charge in [-0.3, -0.25) is 9.69 Å². The maximum Gasteiger partial charge on any atom is 0.253 e. The Kier molecular flexibility index (Phi) is 7.95. The molecule has 0 aliphatic carbocycles. The van der Waals surface area contributed by atoms with Crippen molar-refractivity contribution in [1.82, 2.24) is 30.1 Å². The topological polar surface area (TPSA) is 102 Å². The zero-order valence-corrected chi connectivity index (χ0v) is 23.7. The van der Waals surface area contributed by atoms with E-state index in [9.17, 15) is 4.79 Å². The number of H-pyrrole nitrogens is 1. The predicted molar refractivity (Wildman–Crippen MR) is 154 cm³/mol. The average molecular weight is 541 g/mol. The molecule has 0 aliphatic rings. The molecule has 5 aromatic rings. The van der Waals surface area contributed by atoms with Gasteiger partial charge in [0.05, 0.1) is 26.0 Å². The number of tetrazole rings is 1. The minimum absolute atomic E-state index is 0.0507. The van der Waals surface area contributed by atoms with E-state index >= 15 is 0 Å². The van der Waals surface area contributed by atoms with Crippen LogP contribution < -0.4 is 5.56 Å². The van der Waals surface area contributed by atoms with Crippen molar-refractivity contribution in [2.45, 2.75) is 58.8 Å². The van der Waals surface area contributed by atoms with Crippen LogP contribution in [0.4, 0.5) is 0 Å². The van der Waals surface area contributed by atoms with Gasteiger partial charge in [0.1, 0.15) is 11.8 Å². The number of hydrogen-bond acceptors (Lipinski definition) is 7. The third kappa shape index (κ3) is 6.05. The molecule has 9 nitrogen and oxygen atoms in total. The summed E-state index contributed by atoms with van der Waals surface area (Å²) < 4.78 is 12.8. The number of fused-ring (bicyclic) bond motifs is 1. The highest BCUT2D eigenvalue weighted by atomic mass is 16.5. The number of aromatic nitrogens is 5. The monoisotopic (exact) mass is 540 g/mol. The minimum atomic E-state index is -0.561. The van der Waals surface area contributed by atoms with Crippen molar-refractivity contribution in [3.63, 3.8) is 0 Å². The molecule has 0 bridgehead atoms. The number of aromatic amines is 1. The summed E-state index contributed by atoms with van der Waals surface area (Å²) >= 11 is 0. The van der Waals surface area contributed by atoms with Crippen molar-refractivity contribution in [3.8, 4) is 0 Å². The van der Waals surface area contributed by atoms with E-state index in [1.807, 2.05) is 43.3 Å². The normalized spacial score (nSPS) is 12.8. The highest BCUT2D eigenvalue weighted by Crippen LogP contribution is 2.31. The Bertz CT molecular complexity index is 1610. The highest BCUT2D eigenvalue weighted by Gasteiger charge is 2.31. The van der Waals surface area contributed by atoms with Crippen molar-refractivity contribution in [2.75, 3.05) is 13.7 Å². The second-order valence-electron chi connectivity index (χ2n) is 11.2. The standard InChI is InChI=1S/C31H36N6O3/c1-21-8-11-23-18-26(30(38)32-27(23)17-21)28(29-33-34-35-37(29)14-16-39-5)36(20-25-7-6-15-40-25)19-22-9-12-24(13-10-22)31(2,3)4/h6-13,15,17-18,28H,14,16,19-20H2,1-5H3,(H,32,38)/t28-/m1/s1. The van der Waals surface area contributed by atoms with Gasteiger partial charge >= 0.3 is 0 Å². The largest absolute Gasteiger partial charge is 0.468 e. The van der Waals surface area contributed by atoms with E-state index in [-0.39, 0.29) is 11.0 Å². The second-order valence-corrected chi connectivity index (χ2v) is 11.2. The van der Waals surface area contributed by atoms with Crippen LogP contribution in [-0.4, -0.2) is 43.8 Å². The third-order valence-corrected chi connectivity index (χ3v) is 7.15. The van der Waals surface area contributed by atoms with Gasteiger partial charge in [-0.1, -0.05) is 57.2 Å². The quantitative estimate of drug-likeness (QED) is 0.261. The van der Waals surface area contributed by atoms with E-state index in [2.05, 4.69) is 70.4 Å². The summed E-state index contributed by atoms with van der Waals surface area (Å²) in [6, 6.07) is 19.9. The van der Waals surface area contributed by atoms with Crippen LogP contribution in [0.25, 0.3) is 10.9 Å². The van der Waals surface area contributed by atoms with Crippen LogP contribution in [0.2, 0.25) is 0 Å². The molecule has 9 heteroatoms. The summed E-state index contributed by atoms with van der Waals surface area (Å²) in [7, 11) is 1.64. The summed E-state index contributed by atoms with van der Waals surface area (Å²) in [5.41, 5.74) is 4.66. The molecule has 0 unspecified atom stereocenters. The zero-order chi connectivity index (χ0) is 28.3. The summed E-state index contributed by atoms with van der Waals surface area (Å²) in [5, 5.41) is 13.6. The fourth-order valence-electron chi connectivity index (χ4n) is 4.96. The van der Waals surface area contributed by atoms with Crippen molar-refractivity contribution in [3.05, 3.63) is 111 Å². The lowest BCUT2D eigenvalue weighted by atomic mass is 9.86. The zero-order valence-electron chi connectivity index (χ0n) is 23.7. The summed E-state index contributed by atoms with van der Waals surface area (Å²) in [6.45, 7) is 10.5. The summed E-state index contributed by atoms with van der Waals surface area (Å²) in [4.78, 5) is 19.0. The Morgan fingerprint density at radius 2 is 1.88 bits per heavy atom. The highest BCUT2D eigenvalue weighted by molar-refractivity contribution is 5.79. The molecule has 0 saturated heterocycles. The first-order valence-corrected chi connectivity index (χ1v) is 13.5. The molecule has 5 rings (SSSR count). The van der Waals surface area contributed by atoms with Crippen molar-refractivity contribution >= 4 is 10.9 Å². The van der Waals surface area contributed by atoms with Crippen molar-refractivity contribution in [2.24, 2.45) is 0 Å². The van der Waals surface area contributed by atoms with Crippen LogP contribution in [0, 0.1) is 6.92 Å². The van der Waals surface area contributed by atoms with E-state index < -0.39 is 6.04 Å². The number of rotatable bonds is 10. The van der Waals surface area contributed by atoms with E-state index in [4.69, 9.17) is 9.15 Å². The molecule has 1 atom stereocenters. The number of ether oxygens (including phenoxy) is 1. The first-order valence-electron chi connectivity index (χ1n) is 13.5. The fraction of sp³-hybridized carbons (Fsp3) is 0.355. The Balaban J connectivity index is 1.65. The van der Waals surface area contributed by atoms with Gasteiger partial charge in [0.25, 0.3) is 5.56 Å². The molecular formula is C31H36N6O3. The van der Waals surface area contributed by atoms with E-state index in [1.54, 1.807) is 18.1 Å². The van der Waals surface area contributed by atoms with E-state index in [1.165, 1.54) is 5.56 Å². The van der Waals surface area contributed by atoms with Crippen LogP contribution in [0.15, 0.2) is 76.1 Å². The van der Waals surface area contributed by atoms with Gasteiger partial charge in [-0.05, 0) is 69.1 Å². The van der Waals surface area contributed by atoms with Crippen LogP contribution in [0.5, 0.6) is 0 Å². The number of pyridine rings is 1. The Hall–Kier alpha value is -4.08. The lowest BCUT2D eigenvalue weighted by Gasteiger charge is -2.30. The average Bonchev–Trinajstić information content (AvgIpc) is 3.60.